The van der Waals surface area contributed by atoms with E-state index in [0.717, 1.165) is 32.0 Å². The number of amides is 1. The maximum absolute atomic E-state index is 12.5. The van der Waals surface area contributed by atoms with Crippen LogP contribution in [0.15, 0.2) is 53.2 Å². The van der Waals surface area contributed by atoms with E-state index in [1.165, 1.54) is 11.3 Å². The molecule has 1 fully saturated rings. The SMILES string of the molecule is Cc1cccc(N2CCN(c3cc(C(=O)Nc4cc(C)on4)ccn3)CC2)c1. The van der Waals surface area contributed by atoms with Crippen LogP contribution in [0.1, 0.15) is 21.7 Å². The summed E-state index contributed by atoms with van der Waals surface area (Å²) in [7, 11) is 0. The number of aromatic nitrogens is 2. The molecule has 7 nitrogen and oxygen atoms in total. The van der Waals surface area contributed by atoms with Crippen LogP contribution >= 0.6 is 0 Å². The lowest BCUT2D eigenvalue weighted by molar-refractivity contribution is 0.102. The Hall–Kier alpha value is -3.35. The van der Waals surface area contributed by atoms with Crippen molar-refractivity contribution in [3.05, 3.63) is 65.5 Å². The van der Waals surface area contributed by atoms with E-state index in [1.54, 1.807) is 25.3 Å². The Morgan fingerprint density at radius 1 is 1.04 bits per heavy atom. The molecule has 1 aliphatic heterocycles. The Kier molecular flexibility index (Phi) is 4.97. The van der Waals surface area contributed by atoms with Gasteiger partial charge in [-0.1, -0.05) is 17.3 Å². The van der Waals surface area contributed by atoms with E-state index in [2.05, 4.69) is 56.4 Å². The van der Waals surface area contributed by atoms with Gasteiger partial charge in [0.15, 0.2) is 5.82 Å². The Morgan fingerprint density at radius 3 is 2.54 bits per heavy atom. The Morgan fingerprint density at radius 2 is 1.82 bits per heavy atom. The number of pyridine rings is 1. The molecule has 1 saturated heterocycles. The Balaban J connectivity index is 1.41. The first-order valence-electron chi connectivity index (χ1n) is 9.36. The van der Waals surface area contributed by atoms with Gasteiger partial charge in [0.05, 0.1) is 0 Å². The van der Waals surface area contributed by atoms with Crippen molar-refractivity contribution in [1.29, 1.82) is 0 Å². The molecule has 1 aromatic carbocycles. The number of aryl methyl sites for hydroxylation is 2. The van der Waals surface area contributed by atoms with Crippen molar-refractivity contribution in [1.82, 2.24) is 10.1 Å². The average Bonchev–Trinajstić information content (AvgIpc) is 3.13. The van der Waals surface area contributed by atoms with E-state index in [0.29, 0.717) is 17.1 Å². The topological polar surface area (TPSA) is 74.5 Å². The summed E-state index contributed by atoms with van der Waals surface area (Å²) < 4.78 is 4.98. The molecular weight excluding hydrogens is 354 g/mol. The molecule has 0 atom stereocenters. The van der Waals surface area contributed by atoms with Crippen molar-refractivity contribution in [2.45, 2.75) is 13.8 Å². The first-order chi connectivity index (χ1) is 13.6. The lowest BCUT2D eigenvalue weighted by Crippen LogP contribution is -2.46. The van der Waals surface area contributed by atoms with E-state index in [4.69, 9.17) is 4.52 Å². The van der Waals surface area contributed by atoms with Crippen molar-refractivity contribution in [2.75, 3.05) is 41.3 Å². The zero-order valence-electron chi connectivity index (χ0n) is 16.1. The van der Waals surface area contributed by atoms with Gasteiger partial charge in [0.2, 0.25) is 0 Å². The van der Waals surface area contributed by atoms with Gasteiger partial charge in [-0.3, -0.25) is 4.79 Å². The second kappa shape index (κ2) is 7.72. The lowest BCUT2D eigenvalue weighted by Gasteiger charge is -2.37. The molecule has 1 aliphatic rings. The van der Waals surface area contributed by atoms with Gasteiger partial charge in [-0.25, -0.2) is 4.98 Å². The number of anilines is 3. The van der Waals surface area contributed by atoms with Gasteiger partial charge in [0, 0.05) is 49.7 Å². The van der Waals surface area contributed by atoms with Gasteiger partial charge in [0.25, 0.3) is 5.91 Å². The highest BCUT2D eigenvalue weighted by atomic mass is 16.5. The monoisotopic (exact) mass is 377 g/mol. The van der Waals surface area contributed by atoms with Crippen molar-refractivity contribution in [3.8, 4) is 0 Å². The third kappa shape index (κ3) is 3.98. The summed E-state index contributed by atoms with van der Waals surface area (Å²) in [6.07, 6.45) is 1.67. The highest BCUT2D eigenvalue weighted by molar-refractivity contribution is 6.04. The van der Waals surface area contributed by atoms with Crippen molar-refractivity contribution >= 4 is 23.2 Å². The van der Waals surface area contributed by atoms with Crippen LogP contribution in [0.5, 0.6) is 0 Å². The first-order valence-corrected chi connectivity index (χ1v) is 9.36. The number of nitrogens with zero attached hydrogens (tertiary/aromatic N) is 4. The van der Waals surface area contributed by atoms with E-state index < -0.39 is 0 Å². The largest absolute Gasteiger partial charge is 0.368 e. The molecule has 3 heterocycles. The van der Waals surface area contributed by atoms with Crippen LogP contribution in [-0.4, -0.2) is 42.2 Å². The Bertz CT molecular complexity index is 976. The maximum Gasteiger partial charge on any atom is 0.257 e. The fraction of sp³-hybridized carbons (Fsp3) is 0.286. The van der Waals surface area contributed by atoms with E-state index >= 15 is 0 Å². The summed E-state index contributed by atoms with van der Waals surface area (Å²) in [6, 6.07) is 13.8. The third-order valence-electron chi connectivity index (χ3n) is 4.85. The summed E-state index contributed by atoms with van der Waals surface area (Å²) >= 11 is 0. The van der Waals surface area contributed by atoms with Crippen molar-refractivity contribution < 1.29 is 9.32 Å². The number of benzene rings is 1. The number of hydrogen-bond acceptors (Lipinski definition) is 6. The fourth-order valence-corrected chi connectivity index (χ4v) is 3.36. The third-order valence-corrected chi connectivity index (χ3v) is 4.85. The molecule has 0 saturated carbocycles. The van der Waals surface area contributed by atoms with Gasteiger partial charge < -0.3 is 19.6 Å². The van der Waals surface area contributed by atoms with Crippen LogP contribution in [0.2, 0.25) is 0 Å². The number of carbonyl (C=O) groups is 1. The molecule has 0 aliphatic carbocycles. The second-order valence-electron chi connectivity index (χ2n) is 6.99. The molecule has 144 valence electrons. The number of nitrogens with one attached hydrogen (secondary N) is 1. The molecule has 0 radical (unpaired) electrons. The summed E-state index contributed by atoms with van der Waals surface area (Å²) in [5, 5.41) is 6.54. The van der Waals surface area contributed by atoms with Crippen LogP contribution in [0.3, 0.4) is 0 Å². The van der Waals surface area contributed by atoms with Crippen LogP contribution in [0.25, 0.3) is 0 Å². The highest BCUT2D eigenvalue weighted by Crippen LogP contribution is 2.21. The molecule has 4 rings (SSSR count). The minimum Gasteiger partial charge on any atom is -0.368 e. The number of rotatable bonds is 4. The van der Waals surface area contributed by atoms with E-state index in [9.17, 15) is 4.79 Å². The minimum absolute atomic E-state index is 0.227. The summed E-state index contributed by atoms with van der Waals surface area (Å²) in [4.78, 5) is 21.5. The standard InChI is InChI=1S/C21H23N5O2/c1-15-4-3-5-18(12-15)25-8-10-26(11-9-25)20-14-17(6-7-22-20)21(27)23-19-13-16(2)28-24-19/h3-7,12-14H,8-11H2,1-2H3,(H,23,24,27). The zero-order valence-corrected chi connectivity index (χ0v) is 16.1. The summed E-state index contributed by atoms with van der Waals surface area (Å²) in [5.74, 6) is 1.65. The number of piperazine rings is 1. The van der Waals surface area contributed by atoms with Gasteiger partial charge in [-0.05, 0) is 43.7 Å². The fourth-order valence-electron chi connectivity index (χ4n) is 3.36. The summed E-state index contributed by atoms with van der Waals surface area (Å²) in [6.45, 7) is 7.44. The van der Waals surface area contributed by atoms with Crippen LogP contribution in [0, 0.1) is 13.8 Å². The number of carbonyl (C=O) groups excluding carboxylic acids is 1. The zero-order chi connectivity index (χ0) is 19.5. The quantitative estimate of drug-likeness (QED) is 0.752. The van der Waals surface area contributed by atoms with Crippen molar-refractivity contribution in [3.63, 3.8) is 0 Å². The molecule has 3 aromatic rings. The van der Waals surface area contributed by atoms with Crippen LogP contribution in [-0.2, 0) is 0 Å². The van der Waals surface area contributed by atoms with E-state index in [-0.39, 0.29) is 5.91 Å². The molecule has 0 spiro atoms. The Labute approximate surface area is 164 Å². The smallest absolute Gasteiger partial charge is 0.257 e. The summed E-state index contributed by atoms with van der Waals surface area (Å²) in [5.41, 5.74) is 3.07. The van der Waals surface area contributed by atoms with Gasteiger partial charge >= 0.3 is 0 Å². The average molecular weight is 377 g/mol. The van der Waals surface area contributed by atoms with Gasteiger partial charge in [-0.2, -0.15) is 0 Å². The second-order valence-corrected chi connectivity index (χ2v) is 6.99. The lowest BCUT2D eigenvalue weighted by atomic mass is 10.2. The number of hydrogen-bond donors (Lipinski definition) is 1. The van der Waals surface area contributed by atoms with Crippen LogP contribution < -0.4 is 15.1 Å². The van der Waals surface area contributed by atoms with Crippen molar-refractivity contribution in [2.24, 2.45) is 0 Å². The predicted octanol–water partition coefficient (Wildman–Crippen LogP) is 3.27. The maximum atomic E-state index is 12.5. The molecule has 28 heavy (non-hydrogen) atoms. The molecule has 2 aromatic heterocycles. The minimum atomic E-state index is -0.227. The molecule has 1 amide bonds. The molecule has 7 heteroatoms. The molecule has 1 N–H and O–H groups in total. The molecule has 0 unspecified atom stereocenters. The first kappa shape index (κ1) is 18.0. The van der Waals surface area contributed by atoms with Crippen LogP contribution in [0.4, 0.5) is 17.3 Å². The molecular formula is C21H23N5O2. The normalized spacial score (nSPS) is 14.2. The predicted molar refractivity (Wildman–Crippen MR) is 109 cm³/mol. The highest BCUT2D eigenvalue weighted by Gasteiger charge is 2.19. The van der Waals surface area contributed by atoms with Gasteiger partial charge in [-0.15, -0.1) is 0 Å². The van der Waals surface area contributed by atoms with Gasteiger partial charge in [0.1, 0.15) is 11.6 Å². The van der Waals surface area contributed by atoms with E-state index in [1.807, 2.05) is 6.07 Å². The molecule has 0 bridgehead atoms.